The SMILES string of the molecule is CCN(CCCNC(=O)C1CCCN1C)CC(=O)NC. The molecule has 0 saturated carbocycles. The second-order valence-corrected chi connectivity index (χ2v) is 5.33. The molecule has 1 aliphatic heterocycles. The van der Waals surface area contributed by atoms with Gasteiger partial charge in [0.05, 0.1) is 12.6 Å². The van der Waals surface area contributed by atoms with Gasteiger partial charge in [0.1, 0.15) is 0 Å². The average molecular weight is 284 g/mol. The van der Waals surface area contributed by atoms with E-state index in [0.717, 1.165) is 38.9 Å². The van der Waals surface area contributed by atoms with Crippen LogP contribution in [0.25, 0.3) is 0 Å². The molecule has 6 heteroatoms. The number of nitrogens with one attached hydrogen (secondary N) is 2. The van der Waals surface area contributed by atoms with Crippen LogP contribution in [0.1, 0.15) is 26.2 Å². The van der Waals surface area contributed by atoms with Crippen molar-refractivity contribution in [1.29, 1.82) is 0 Å². The molecule has 2 amide bonds. The van der Waals surface area contributed by atoms with Gasteiger partial charge in [-0.15, -0.1) is 0 Å². The maximum absolute atomic E-state index is 12.0. The number of rotatable bonds is 8. The largest absolute Gasteiger partial charge is 0.358 e. The van der Waals surface area contributed by atoms with E-state index in [-0.39, 0.29) is 17.9 Å². The Hall–Kier alpha value is -1.14. The minimum atomic E-state index is 0.0310. The first-order chi connectivity index (χ1) is 9.58. The molecule has 1 unspecified atom stereocenters. The van der Waals surface area contributed by atoms with E-state index < -0.39 is 0 Å². The molecule has 6 nitrogen and oxygen atoms in total. The molecule has 0 radical (unpaired) electrons. The van der Waals surface area contributed by atoms with Crippen LogP contribution < -0.4 is 10.6 Å². The molecule has 0 aromatic carbocycles. The van der Waals surface area contributed by atoms with Gasteiger partial charge in [-0.3, -0.25) is 19.4 Å². The van der Waals surface area contributed by atoms with E-state index in [2.05, 4.69) is 20.4 Å². The molecule has 1 saturated heterocycles. The van der Waals surface area contributed by atoms with Gasteiger partial charge in [-0.25, -0.2) is 0 Å². The van der Waals surface area contributed by atoms with Gasteiger partial charge in [-0.05, 0) is 39.4 Å². The molecule has 1 aliphatic rings. The Morgan fingerprint density at radius 3 is 2.70 bits per heavy atom. The molecule has 1 fully saturated rings. The number of carbonyl (C=O) groups excluding carboxylic acids is 2. The zero-order chi connectivity index (χ0) is 15.0. The average Bonchev–Trinajstić information content (AvgIpc) is 2.87. The molecule has 0 spiro atoms. The number of likely N-dealkylation sites (N-methyl/N-ethyl adjacent to an activating group) is 3. The molecule has 1 rings (SSSR count). The lowest BCUT2D eigenvalue weighted by atomic mass is 10.2. The molecule has 0 aromatic rings. The number of hydrogen-bond donors (Lipinski definition) is 2. The van der Waals surface area contributed by atoms with Crippen LogP contribution in [0.3, 0.4) is 0 Å². The molecule has 116 valence electrons. The predicted molar refractivity (Wildman–Crippen MR) is 79.5 cm³/mol. The summed E-state index contributed by atoms with van der Waals surface area (Å²) in [5.74, 6) is 0.169. The van der Waals surface area contributed by atoms with Crippen molar-refractivity contribution >= 4 is 11.8 Å². The first kappa shape index (κ1) is 16.9. The first-order valence-electron chi connectivity index (χ1n) is 7.49. The van der Waals surface area contributed by atoms with Gasteiger partial charge in [0, 0.05) is 20.1 Å². The predicted octanol–water partition coefficient (Wildman–Crippen LogP) is -0.345. The third kappa shape index (κ3) is 5.46. The minimum absolute atomic E-state index is 0.0310. The van der Waals surface area contributed by atoms with E-state index in [9.17, 15) is 9.59 Å². The lowest BCUT2D eigenvalue weighted by Gasteiger charge is -2.21. The summed E-state index contributed by atoms with van der Waals surface area (Å²) in [6.07, 6.45) is 2.93. The standard InChI is InChI=1S/C14H28N4O2/c1-4-18(11-13(19)15-2)10-6-8-16-14(20)12-7-5-9-17(12)3/h12H,4-11H2,1-3H3,(H,15,19)(H,16,20). The highest BCUT2D eigenvalue weighted by Crippen LogP contribution is 2.14. The Morgan fingerprint density at radius 2 is 2.15 bits per heavy atom. The van der Waals surface area contributed by atoms with Crippen molar-refractivity contribution in [3.8, 4) is 0 Å². The smallest absolute Gasteiger partial charge is 0.237 e. The van der Waals surface area contributed by atoms with Crippen LogP contribution in [-0.4, -0.2) is 74.5 Å². The van der Waals surface area contributed by atoms with Gasteiger partial charge in [0.25, 0.3) is 0 Å². The summed E-state index contributed by atoms with van der Waals surface area (Å²) in [5.41, 5.74) is 0. The zero-order valence-electron chi connectivity index (χ0n) is 12.9. The Bertz CT molecular complexity index is 322. The molecule has 20 heavy (non-hydrogen) atoms. The van der Waals surface area contributed by atoms with Crippen molar-refractivity contribution in [3.05, 3.63) is 0 Å². The summed E-state index contributed by atoms with van der Waals surface area (Å²) < 4.78 is 0. The summed E-state index contributed by atoms with van der Waals surface area (Å²) in [6.45, 7) is 5.81. The normalized spacial score (nSPS) is 19.3. The fourth-order valence-electron chi connectivity index (χ4n) is 2.50. The highest BCUT2D eigenvalue weighted by molar-refractivity contribution is 5.81. The van der Waals surface area contributed by atoms with Crippen LogP contribution in [0.5, 0.6) is 0 Å². The van der Waals surface area contributed by atoms with Crippen LogP contribution in [0.4, 0.5) is 0 Å². The van der Waals surface area contributed by atoms with Crippen LogP contribution >= 0.6 is 0 Å². The van der Waals surface area contributed by atoms with Crippen molar-refractivity contribution < 1.29 is 9.59 Å². The second kappa shape index (κ2) is 8.92. The number of likely N-dealkylation sites (tertiary alicyclic amines) is 1. The molecular weight excluding hydrogens is 256 g/mol. The number of nitrogens with zero attached hydrogens (tertiary/aromatic N) is 2. The fraction of sp³-hybridized carbons (Fsp3) is 0.857. The summed E-state index contributed by atoms with van der Waals surface area (Å²) in [4.78, 5) is 27.5. The second-order valence-electron chi connectivity index (χ2n) is 5.33. The van der Waals surface area contributed by atoms with Crippen LogP contribution in [0.2, 0.25) is 0 Å². The van der Waals surface area contributed by atoms with Crippen molar-refractivity contribution in [2.24, 2.45) is 0 Å². The van der Waals surface area contributed by atoms with Gasteiger partial charge in [0.2, 0.25) is 11.8 Å². The van der Waals surface area contributed by atoms with E-state index in [1.165, 1.54) is 0 Å². The number of hydrogen-bond acceptors (Lipinski definition) is 4. The van der Waals surface area contributed by atoms with Gasteiger partial charge in [-0.2, -0.15) is 0 Å². The van der Waals surface area contributed by atoms with E-state index in [1.54, 1.807) is 7.05 Å². The third-order valence-electron chi connectivity index (χ3n) is 3.87. The highest BCUT2D eigenvalue weighted by Gasteiger charge is 2.27. The van der Waals surface area contributed by atoms with Gasteiger partial charge >= 0.3 is 0 Å². The number of carbonyl (C=O) groups is 2. The lowest BCUT2D eigenvalue weighted by molar-refractivity contribution is -0.125. The summed E-state index contributed by atoms with van der Waals surface area (Å²) in [7, 11) is 3.65. The molecule has 1 heterocycles. The molecule has 0 aromatic heterocycles. The number of amides is 2. The molecule has 0 aliphatic carbocycles. The molecular formula is C14H28N4O2. The van der Waals surface area contributed by atoms with Gasteiger partial charge in [0.15, 0.2) is 0 Å². The zero-order valence-corrected chi connectivity index (χ0v) is 12.9. The lowest BCUT2D eigenvalue weighted by Crippen LogP contribution is -2.42. The van der Waals surface area contributed by atoms with Crippen LogP contribution in [0.15, 0.2) is 0 Å². The van der Waals surface area contributed by atoms with E-state index in [1.807, 2.05) is 14.0 Å². The fourth-order valence-corrected chi connectivity index (χ4v) is 2.50. The highest BCUT2D eigenvalue weighted by atomic mass is 16.2. The molecule has 1 atom stereocenters. The Morgan fingerprint density at radius 1 is 1.40 bits per heavy atom. The first-order valence-corrected chi connectivity index (χ1v) is 7.49. The van der Waals surface area contributed by atoms with Crippen LogP contribution in [-0.2, 0) is 9.59 Å². The van der Waals surface area contributed by atoms with Crippen molar-refractivity contribution in [1.82, 2.24) is 20.4 Å². The molecule has 0 bridgehead atoms. The van der Waals surface area contributed by atoms with Crippen LogP contribution in [0, 0.1) is 0 Å². The van der Waals surface area contributed by atoms with Crippen molar-refractivity contribution in [2.75, 3.05) is 46.8 Å². The van der Waals surface area contributed by atoms with E-state index >= 15 is 0 Å². The summed E-state index contributed by atoms with van der Waals surface area (Å²) in [5, 5.41) is 5.62. The van der Waals surface area contributed by atoms with Gasteiger partial charge < -0.3 is 10.6 Å². The van der Waals surface area contributed by atoms with Gasteiger partial charge in [-0.1, -0.05) is 6.92 Å². The monoisotopic (exact) mass is 284 g/mol. The third-order valence-corrected chi connectivity index (χ3v) is 3.87. The maximum atomic E-state index is 12.0. The van der Waals surface area contributed by atoms with Crippen molar-refractivity contribution in [2.45, 2.75) is 32.2 Å². The topological polar surface area (TPSA) is 64.7 Å². The molecule has 2 N–H and O–H groups in total. The van der Waals surface area contributed by atoms with Crippen molar-refractivity contribution in [3.63, 3.8) is 0 Å². The van der Waals surface area contributed by atoms with E-state index in [0.29, 0.717) is 13.1 Å². The Balaban J connectivity index is 2.16. The minimum Gasteiger partial charge on any atom is -0.358 e. The van der Waals surface area contributed by atoms with E-state index in [4.69, 9.17) is 0 Å². The summed E-state index contributed by atoms with van der Waals surface area (Å²) in [6, 6.07) is 0.0446. The Kier molecular flexibility index (Phi) is 7.54. The Labute approximate surface area is 121 Å². The maximum Gasteiger partial charge on any atom is 0.237 e. The quantitative estimate of drug-likeness (QED) is 0.598. The summed E-state index contributed by atoms with van der Waals surface area (Å²) >= 11 is 0.